The molecule has 0 fully saturated rings. The van der Waals surface area contributed by atoms with Gasteiger partial charge >= 0.3 is 0 Å². The Kier molecular flexibility index (Phi) is 5.95. The molecule has 0 radical (unpaired) electrons. The lowest BCUT2D eigenvalue weighted by atomic mass is 10.1. The van der Waals surface area contributed by atoms with Gasteiger partial charge in [-0.05, 0) is 36.2 Å². The van der Waals surface area contributed by atoms with Crippen LogP contribution in [0.4, 0.5) is 5.69 Å². The van der Waals surface area contributed by atoms with Crippen LogP contribution >= 0.6 is 0 Å². The number of amides is 2. The molecule has 0 heterocycles. The van der Waals surface area contributed by atoms with Gasteiger partial charge in [0.2, 0.25) is 5.91 Å². The quantitative estimate of drug-likeness (QED) is 0.856. The standard InChI is InChI=1S/C19H22N2O3/c1-4-17(22)21-18(14-8-6-5-7-9-14)19(23)20-15-10-11-16(24-3)13(2)12-15/h5-12,18H,4H2,1-3H3,(H,20,23)(H,21,22). The minimum atomic E-state index is -0.735. The predicted octanol–water partition coefficient (Wildman–Crippen LogP) is 3.21. The lowest BCUT2D eigenvalue weighted by molar-refractivity contribution is -0.126. The highest BCUT2D eigenvalue weighted by Gasteiger charge is 2.22. The second-order valence-corrected chi connectivity index (χ2v) is 5.44. The maximum absolute atomic E-state index is 12.7. The van der Waals surface area contributed by atoms with Crippen LogP contribution in [-0.2, 0) is 9.59 Å². The van der Waals surface area contributed by atoms with Gasteiger partial charge in [-0.25, -0.2) is 0 Å². The van der Waals surface area contributed by atoms with Crippen molar-refractivity contribution in [2.24, 2.45) is 0 Å². The highest BCUT2D eigenvalue weighted by molar-refractivity contribution is 5.98. The van der Waals surface area contributed by atoms with E-state index in [9.17, 15) is 9.59 Å². The van der Waals surface area contributed by atoms with E-state index >= 15 is 0 Å². The SMILES string of the molecule is CCC(=O)NC(C(=O)Nc1ccc(OC)c(C)c1)c1ccccc1. The Bertz CT molecular complexity index is 714. The highest BCUT2D eigenvalue weighted by Crippen LogP contribution is 2.23. The number of aryl methyl sites for hydroxylation is 1. The third-order valence-corrected chi connectivity index (χ3v) is 3.68. The molecule has 0 saturated carbocycles. The first-order chi connectivity index (χ1) is 11.5. The van der Waals surface area contributed by atoms with Gasteiger partial charge in [0.1, 0.15) is 11.8 Å². The molecule has 0 aliphatic heterocycles. The van der Waals surface area contributed by atoms with Gasteiger partial charge in [-0.3, -0.25) is 9.59 Å². The van der Waals surface area contributed by atoms with Crippen LogP contribution in [0.2, 0.25) is 0 Å². The van der Waals surface area contributed by atoms with E-state index in [2.05, 4.69) is 10.6 Å². The molecule has 0 aromatic heterocycles. The molecule has 5 heteroatoms. The Morgan fingerprint density at radius 1 is 1.12 bits per heavy atom. The zero-order valence-electron chi connectivity index (χ0n) is 14.1. The number of anilines is 1. The Morgan fingerprint density at radius 2 is 1.83 bits per heavy atom. The van der Waals surface area contributed by atoms with Crippen molar-refractivity contribution in [3.05, 3.63) is 59.7 Å². The molecule has 24 heavy (non-hydrogen) atoms. The Labute approximate surface area is 142 Å². The molecule has 2 rings (SSSR count). The fourth-order valence-electron chi connectivity index (χ4n) is 2.38. The molecular weight excluding hydrogens is 304 g/mol. The molecule has 0 aliphatic rings. The number of rotatable bonds is 6. The summed E-state index contributed by atoms with van der Waals surface area (Å²) in [5, 5.41) is 5.62. The summed E-state index contributed by atoms with van der Waals surface area (Å²) in [5.74, 6) is 0.296. The lowest BCUT2D eigenvalue weighted by Crippen LogP contribution is -2.36. The van der Waals surface area contributed by atoms with Gasteiger partial charge in [0.25, 0.3) is 5.91 Å². The van der Waals surface area contributed by atoms with E-state index in [1.165, 1.54) is 0 Å². The van der Waals surface area contributed by atoms with Crippen molar-refractivity contribution in [2.45, 2.75) is 26.3 Å². The van der Waals surface area contributed by atoms with Crippen molar-refractivity contribution in [3.63, 3.8) is 0 Å². The number of hydrogen-bond donors (Lipinski definition) is 2. The van der Waals surface area contributed by atoms with Crippen LogP contribution in [0.1, 0.15) is 30.5 Å². The number of hydrogen-bond acceptors (Lipinski definition) is 3. The average Bonchev–Trinajstić information content (AvgIpc) is 2.60. The third-order valence-electron chi connectivity index (χ3n) is 3.68. The molecule has 5 nitrogen and oxygen atoms in total. The zero-order chi connectivity index (χ0) is 17.5. The number of carbonyl (C=O) groups excluding carboxylic acids is 2. The summed E-state index contributed by atoms with van der Waals surface area (Å²) in [6.45, 7) is 3.66. The maximum Gasteiger partial charge on any atom is 0.251 e. The summed E-state index contributed by atoms with van der Waals surface area (Å²) in [5.41, 5.74) is 2.32. The number of nitrogens with one attached hydrogen (secondary N) is 2. The number of carbonyl (C=O) groups is 2. The minimum Gasteiger partial charge on any atom is -0.496 e. The highest BCUT2D eigenvalue weighted by atomic mass is 16.5. The molecule has 1 atom stereocenters. The van der Waals surface area contributed by atoms with Crippen molar-refractivity contribution in [3.8, 4) is 5.75 Å². The monoisotopic (exact) mass is 326 g/mol. The molecule has 2 aromatic rings. The lowest BCUT2D eigenvalue weighted by Gasteiger charge is -2.19. The summed E-state index contributed by atoms with van der Waals surface area (Å²) in [6.07, 6.45) is 0.318. The Balaban J connectivity index is 2.21. The van der Waals surface area contributed by atoms with Crippen molar-refractivity contribution in [1.29, 1.82) is 0 Å². The summed E-state index contributed by atoms with van der Waals surface area (Å²) in [7, 11) is 1.60. The summed E-state index contributed by atoms with van der Waals surface area (Å²) >= 11 is 0. The van der Waals surface area contributed by atoms with Gasteiger partial charge in [-0.2, -0.15) is 0 Å². The largest absolute Gasteiger partial charge is 0.496 e. The van der Waals surface area contributed by atoms with Crippen molar-refractivity contribution in [2.75, 3.05) is 12.4 Å². The van der Waals surface area contributed by atoms with Crippen LogP contribution < -0.4 is 15.4 Å². The van der Waals surface area contributed by atoms with E-state index < -0.39 is 6.04 Å². The van der Waals surface area contributed by atoms with Crippen LogP contribution in [-0.4, -0.2) is 18.9 Å². The molecule has 0 bridgehead atoms. The van der Waals surface area contributed by atoms with Gasteiger partial charge < -0.3 is 15.4 Å². The van der Waals surface area contributed by atoms with E-state index in [1.807, 2.05) is 43.3 Å². The zero-order valence-corrected chi connectivity index (χ0v) is 14.1. The molecule has 2 amide bonds. The first-order valence-electron chi connectivity index (χ1n) is 7.85. The van der Waals surface area contributed by atoms with Crippen molar-refractivity contribution >= 4 is 17.5 Å². The van der Waals surface area contributed by atoms with Crippen LogP contribution in [0.25, 0.3) is 0 Å². The van der Waals surface area contributed by atoms with Gasteiger partial charge in [0, 0.05) is 12.1 Å². The van der Waals surface area contributed by atoms with Crippen molar-refractivity contribution < 1.29 is 14.3 Å². The minimum absolute atomic E-state index is 0.176. The molecule has 0 aliphatic carbocycles. The Hall–Kier alpha value is -2.82. The number of methoxy groups -OCH3 is 1. The number of benzene rings is 2. The topological polar surface area (TPSA) is 67.4 Å². The number of ether oxygens (including phenoxy) is 1. The molecular formula is C19H22N2O3. The fraction of sp³-hybridized carbons (Fsp3) is 0.263. The normalized spacial score (nSPS) is 11.5. The maximum atomic E-state index is 12.7. The van der Waals surface area contributed by atoms with E-state index in [1.54, 1.807) is 26.2 Å². The van der Waals surface area contributed by atoms with E-state index in [-0.39, 0.29) is 11.8 Å². The second kappa shape index (κ2) is 8.15. The van der Waals surface area contributed by atoms with Gasteiger partial charge in [-0.15, -0.1) is 0 Å². The van der Waals surface area contributed by atoms with E-state index in [0.29, 0.717) is 12.1 Å². The fourth-order valence-corrected chi connectivity index (χ4v) is 2.38. The van der Waals surface area contributed by atoms with Crippen molar-refractivity contribution in [1.82, 2.24) is 5.32 Å². The second-order valence-electron chi connectivity index (χ2n) is 5.44. The molecule has 2 aromatic carbocycles. The Morgan fingerprint density at radius 3 is 2.42 bits per heavy atom. The van der Waals surface area contributed by atoms with Crippen LogP contribution in [0.15, 0.2) is 48.5 Å². The smallest absolute Gasteiger partial charge is 0.251 e. The molecule has 1 unspecified atom stereocenters. The average molecular weight is 326 g/mol. The first-order valence-corrected chi connectivity index (χ1v) is 7.85. The van der Waals surface area contributed by atoms with E-state index in [0.717, 1.165) is 16.9 Å². The van der Waals surface area contributed by atoms with Crippen LogP contribution in [0.3, 0.4) is 0 Å². The van der Waals surface area contributed by atoms with Gasteiger partial charge in [-0.1, -0.05) is 37.3 Å². The molecule has 0 spiro atoms. The van der Waals surface area contributed by atoms with Crippen LogP contribution in [0.5, 0.6) is 5.75 Å². The molecule has 2 N–H and O–H groups in total. The van der Waals surface area contributed by atoms with Crippen LogP contribution in [0, 0.1) is 6.92 Å². The van der Waals surface area contributed by atoms with Gasteiger partial charge in [0.15, 0.2) is 0 Å². The molecule has 0 saturated heterocycles. The first kappa shape index (κ1) is 17.5. The van der Waals surface area contributed by atoms with E-state index in [4.69, 9.17) is 4.74 Å². The summed E-state index contributed by atoms with van der Waals surface area (Å²) in [4.78, 5) is 24.5. The van der Waals surface area contributed by atoms with Gasteiger partial charge in [0.05, 0.1) is 7.11 Å². The molecule has 126 valence electrons. The third kappa shape index (κ3) is 4.35. The summed E-state index contributed by atoms with van der Waals surface area (Å²) in [6, 6.07) is 13.9. The summed E-state index contributed by atoms with van der Waals surface area (Å²) < 4.78 is 5.22. The predicted molar refractivity (Wildman–Crippen MR) is 94.0 cm³/mol.